The van der Waals surface area contributed by atoms with Crippen LogP contribution in [0.2, 0.25) is 0 Å². The predicted octanol–water partition coefficient (Wildman–Crippen LogP) is 2.97. The molecule has 0 saturated carbocycles. The summed E-state index contributed by atoms with van der Waals surface area (Å²) in [6.45, 7) is 0. The van der Waals surface area contributed by atoms with Crippen LogP contribution in [-0.4, -0.2) is 4.10 Å². The summed E-state index contributed by atoms with van der Waals surface area (Å²) in [6.07, 6.45) is 0. The molecular weight excluding hydrogens is 231 g/mol. The molecule has 1 aromatic rings. The van der Waals surface area contributed by atoms with E-state index in [0.717, 1.165) is 0 Å². The van der Waals surface area contributed by atoms with Gasteiger partial charge in [-0.2, -0.15) is 4.39 Å². The van der Waals surface area contributed by atoms with Crippen LogP contribution in [0.4, 0.5) is 4.39 Å². The lowest BCUT2D eigenvalue weighted by Gasteiger charge is -2.13. The molecule has 0 spiro atoms. The first kappa shape index (κ1) is 8.87. The molecule has 0 aromatic heterocycles. The Morgan fingerprint density at radius 3 is 2.36 bits per heavy atom. The maximum atomic E-state index is 12.6. The summed E-state index contributed by atoms with van der Waals surface area (Å²) in [4.78, 5) is 0. The molecule has 1 aromatic carbocycles. The Hall–Kier alpha value is -0.220. The molecule has 0 aliphatic carbocycles. The highest BCUT2D eigenvalue weighted by Gasteiger charge is 2.20. The monoisotopic (exact) mass is 236 g/mol. The molecule has 0 aliphatic rings. The van der Waals surface area contributed by atoms with Crippen LogP contribution in [0.5, 0.6) is 5.75 Å². The van der Waals surface area contributed by atoms with Gasteiger partial charge in [0.1, 0.15) is 5.75 Å². The summed E-state index contributed by atoms with van der Waals surface area (Å²) in [5.74, 6) is 0.432. The second-order valence-electron chi connectivity index (χ2n) is 1.90. The molecule has 0 radical (unpaired) electrons. The van der Waals surface area contributed by atoms with Crippen LogP contribution >= 0.6 is 28.6 Å². The number of para-hydroxylation sites is 1. The minimum atomic E-state index is -2.09. The first-order chi connectivity index (χ1) is 5.08. The molecule has 1 atom stereocenters. The number of hydrogen-bond acceptors (Lipinski definition) is 2. The highest BCUT2D eigenvalue weighted by atomic mass is 79.9. The van der Waals surface area contributed by atoms with E-state index in [9.17, 15) is 4.39 Å². The average molecular weight is 237 g/mol. The first-order valence-electron chi connectivity index (χ1n) is 2.92. The normalized spacial score (nSPS) is 15.5. The third-order valence-electron chi connectivity index (χ3n) is 0.984. The molecule has 4 heteroatoms. The van der Waals surface area contributed by atoms with Gasteiger partial charge in [-0.05, 0) is 12.1 Å². The lowest BCUT2D eigenvalue weighted by atomic mass is 10.3. The number of thiol groups is 1. The Kier molecular flexibility index (Phi) is 2.78. The molecule has 1 unspecified atom stereocenters. The topological polar surface area (TPSA) is 9.23 Å². The molecule has 0 aliphatic heterocycles. The predicted molar refractivity (Wildman–Crippen MR) is 48.8 cm³/mol. The van der Waals surface area contributed by atoms with E-state index < -0.39 is 4.10 Å². The molecule has 0 fully saturated rings. The van der Waals surface area contributed by atoms with Crippen LogP contribution in [0.15, 0.2) is 30.3 Å². The number of alkyl halides is 2. The van der Waals surface area contributed by atoms with E-state index in [1.807, 2.05) is 6.07 Å². The lowest BCUT2D eigenvalue weighted by molar-refractivity contribution is 0.129. The van der Waals surface area contributed by atoms with E-state index in [0.29, 0.717) is 5.75 Å². The molecule has 0 bridgehead atoms. The van der Waals surface area contributed by atoms with Crippen molar-refractivity contribution in [3.63, 3.8) is 0 Å². The molecule has 0 N–H and O–H groups in total. The van der Waals surface area contributed by atoms with Crippen molar-refractivity contribution >= 4 is 28.6 Å². The van der Waals surface area contributed by atoms with Crippen molar-refractivity contribution in [1.82, 2.24) is 0 Å². The van der Waals surface area contributed by atoms with E-state index >= 15 is 0 Å². The van der Waals surface area contributed by atoms with Gasteiger partial charge in [0, 0.05) is 15.9 Å². The third kappa shape index (κ3) is 3.62. The number of halogens is 2. The van der Waals surface area contributed by atoms with E-state index in [-0.39, 0.29) is 0 Å². The van der Waals surface area contributed by atoms with Crippen LogP contribution in [0.3, 0.4) is 0 Å². The van der Waals surface area contributed by atoms with Crippen molar-refractivity contribution in [3.8, 4) is 5.75 Å². The smallest absolute Gasteiger partial charge is 0.352 e. The summed E-state index contributed by atoms with van der Waals surface area (Å²) in [5, 5.41) is 0. The molecule has 0 saturated heterocycles. The largest absolute Gasteiger partial charge is 0.441 e. The Balaban J connectivity index is 2.66. The van der Waals surface area contributed by atoms with Crippen LogP contribution < -0.4 is 4.74 Å². The molecule has 11 heavy (non-hydrogen) atoms. The third-order valence-corrected chi connectivity index (χ3v) is 1.24. The highest BCUT2D eigenvalue weighted by Crippen LogP contribution is 2.28. The van der Waals surface area contributed by atoms with Crippen LogP contribution in [0, 0.1) is 0 Å². The SMILES string of the molecule is FC(S)(Br)Oc1ccccc1. The van der Waals surface area contributed by atoms with Gasteiger partial charge in [0.05, 0.1) is 0 Å². The van der Waals surface area contributed by atoms with Crippen molar-refractivity contribution in [1.29, 1.82) is 0 Å². The number of ether oxygens (including phenoxy) is 1. The van der Waals surface area contributed by atoms with Gasteiger partial charge in [0.15, 0.2) is 0 Å². The van der Waals surface area contributed by atoms with E-state index in [4.69, 9.17) is 4.74 Å². The van der Waals surface area contributed by atoms with Gasteiger partial charge in [-0.15, -0.1) is 0 Å². The molecule has 1 nitrogen and oxygen atoms in total. The second-order valence-corrected chi connectivity index (χ2v) is 4.11. The van der Waals surface area contributed by atoms with Crippen molar-refractivity contribution in [2.75, 3.05) is 0 Å². The first-order valence-corrected chi connectivity index (χ1v) is 4.16. The van der Waals surface area contributed by atoms with E-state index in [1.54, 1.807) is 24.3 Å². The summed E-state index contributed by atoms with van der Waals surface area (Å²) in [7, 11) is 0. The van der Waals surface area contributed by atoms with Gasteiger partial charge < -0.3 is 4.74 Å². The molecule has 1 rings (SSSR count). The maximum absolute atomic E-state index is 12.6. The van der Waals surface area contributed by atoms with Crippen molar-refractivity contribution in [2.45, 2.75) is 4.10 Å². The Morgan fingerprint density at radius 1 is 1.36 bits per heavy atom. The zero-order valence-corrected chi connectivity index (χ0v) is 7.98. The zero-order chi connectivity index (χ0) is 8.32. The lowest BCUT2D eigenvalue weighted by Crippen LogP contribution is -2.13. The molecule has 0 heterocycles. The van der Waals surface area contributed by atoms with Crippen LogP contribution in [0.1, 0.15) is 0 Å². The second kappa shape index (κ2) is 3.45. The molecular formula is C7H6BrFOS. The standard InChI is InChI=1S/C7H6BrFOS/c8-7(9,11)10-6-4-2-1-3-5-6/h1-5,11H. The van der Waals surface area contributed by atoms with Crippen molar-refractivity contribution < 1.29 is 9.13 Å². The van der Waals surface area contributed by atoms with Gasteiger partial charge in [-0.25, -0.2) is 0 Å². The number of rotatable bonds is 2. The fourth-order valence-corrected chi connectivity index (χ4v) is 0.923. The van der Waals surface area contributed by atoms with Gasteiger partial charge in [-0.1, -0.05) is 30.8 Å². The van der Waals surface area contributed by atoms with Gasteiger partial charge in [0.2, 0.25) is 0 Å². The van der Waals surface area contributed by atoms with E-state index in [1.165, 1.54) is 0 Å². The minimum Gasteiger partial charge on any atom is -0.441 e. The van der Waals surface area contributed by atoms with E-state index in [2.05, 4.69) is 28.6 Å². The highest BCUT2D eigenvalue weighted by molar-refractivity contribution is 9.11. The summed E-state index contributed by atoms with van der Waals surface area (Å²) in [6, 6.07) is 8.61. The Morgan fingerprint density at radius 2 is 1.91 bits per heavy atom. The fourth-order valence-electron chi connectivity index (χ4n) is 0.630. The Labute approximate surface area is 78.1 Å². The van der Waals surface area contributed by atoms with Gasteiger partial charge in [-0.3, -0.25) is 0 Å². The quantitative estimate of drug-likeness (QED) is 0.472. The zero-order valence-electron chi connectivity index (χ0n) is 5.50. The minimum absolute atomic E-state index is 0.432. The summed E-state index contributed by atoms with van der Waals surface area (Å²) in [5.41, 5.74) is 0. The number of benzene rings is 1. The Bertz CT molecular complexity index is 222. The summed E-state index contributed by atoms with van der Waals surface area (Å²) < 4.78 is 15.3. The molecule has 0 amide bonds. The van der Waals surface area contributed by atoms with Crippen molar-refractivity contribution in [3.05, 3.63) is 30.3 Å². The maximum Gasteiger partial charge on any atom is 0.352 e. The van der Waals surface area contributed by atoms with Crippen molar-refractivity contribution in [2.24, 2.45) is 0 Å². The van der Waals surface area contributed by atoms with Gasteiger partial charge >= 0.3 is 4.10 Å². The van der Waals surface area contributed by atoms with Crippen LogP contribution in [0.25, 0.3) is 0 Å². The molecule has 60 valence electrons. The van der Waals surface area contributed by atoms with Crippen LogP contribution in [-0.2, 0) is 0 Å². The van der Waals surface area contributed by atoms with Gasteiger partial charge in [0.25, 0.3) is 0 Å². The average Bonchev–Trinajstić information content (AvgIpc) is 1.85. The summed E-state index contributed by atoms with van der Waals surface area (Å²) >= 11 is 6.08. The fraction of sp³-hybridized carbons (Fsp3) is 0.143. The number of hydrogen-bond donors (Lipinski definition) is 1.